The van der Waals surface area contributed by atoms with Crippen LogP contribution in [0.1, 0.15) is 11.1 Å². The molecule has 7 heteroatoms. The van der Waals surface area contributed by atoms with Gasteiger partial charge in [0, 0.05) is 29.2 Å². The second kappa shape index (κ2) is 6.73. The Kier molecular flexibility index (Phi) is 4.98. The molecule has 0 radical (unpaired) electrons. The van der Waals surface area contributed by atoms with Gasteiger partial charge in [-0.25, -0.2) is 4.39 Å². The van der Waals surface area contributed by atoms with E-state index in [2.05, 4.69) is 21.2 Å². The van der Waals surface area contributed by atoms with Gasteiger partial charge < -0.3 is 5.32 Å². The van der Waals surface area contributed by atoms with E-state index in [1.807, 2.05) is 0 Å². The first-order valence-corrected chi connectivity index (χ1v) is 6.84. The minimum absolute atomic E-state index is 0.268. The number of hydrogen-bond donors (Lipinski definition) is 1. The quantitative estimate of drug-likeness (QED) is 0.652. The fourth-order valence-corrected chi connectivity index (χ4v) is 2.24. The molecule has 2 rings (SSSR count). The largest absolute Gasteiger partial charge is 0.309 e. The molecule has 0 spiro atoms. The third-order valence-electron chi connectivity index (χ3n) is 2.86. The summed E-state index contributed by atoms with van der Waals surface area (Å²) in [6, 6.07) is 8.29. The van der Waals surface area contributed by atoms with E-state index >= 15 is 0 Å². The fraction of sp³-hybridized carbons (Fsp3) is 0.143. The van der Waals surface area contributed by atoms with E-state index in [1.165, 1.54) is 12.1 Å². The highest BCUT2D eigenvalue weighted by Gasteiger charge is 2.13. The third kappa shape index (κ3) is 4.05. The highest BCUT2D eigenvalue weighted by Crippen LogP contribution is 2.18. The van der Waals surface area contributed by atoms with Crippen molar-refractivity contribution in [3.8, 4) is 0 Å². The number of nitro groups is 1. The van der Waals surface area contributed by atoms with Crippen molar-refractivity contribution in [2.75, 3.05) is 0 Å². The Labute approximate surface area is 128 Å². The van der Waals surface area contributed by atoms with Gasteiger partial charge in [-0.3, -0.25) is 10.1 Å². The van der Waals surface area contributed by atoms with E-state index in [9.17, 15) is 18.9 Å². The van der Waals surface area contributed by atoms with E-state index in [0.29, 0.717) is 11.1 Å². The van der Waals surface area contributed by atoms with E-state index in [-0.39, 0.29) is 18.9 Å². The maximum absolute atomic E-state index is 13.5. The Morgan fingerprint density at radius 3 is 2.52 bits per heavy atom. The van der Waals surface area contributed by atoms with Crippen LogP contribution in [0.5, 0.6) is 0 Å². The van der Waals surface area contributed by atoms with Gasteiger partial charge in [-0.1, -0.05) is 22.0 Å². The first-order chi connectivity index (χ1) is 9.97. The van der Waals surface area contributed by atoms with E-state index in [4.69, 9.17) is 0 Å². The number of hydrogen-bond acceptors (Lipinski definition) is 3. The minimum atomic E-state index is -0.882. The van der Waals surface area contributed by atoms with Gasteiger partial charge in [0.2, 0.25) is 5.82 Å². The van der Waals surface area contributed by atoms with Gasteiger partial charge in [0.1, 0.15) is 5.82 Å². The topological polar surface area (TPSA) is 55.2 Å². The zero-order chi connectivity index (χ0) is 15.4. The molecule has 0 unspecified atom stereocenters. The molecule has 0 heterocycles. The molecule has 0 aliphatic carbocycles. The summed E-state index contributed by atoms with van der Waals surface area (Å²) in [6.07, 6.45) is 0. The van der Waals surface area contributed by atoms with Crippen LogP contribution >= 0.6 is 15.9 Å². The van der Waals surface area contributed by atoms with Gasteiger partial charge in [0.15, 0.2) is 0 Å². The molecule has 2 aromatic rings. The summed E-state index contributed by atoms with van der Waals surface area (Å²) in [5.41, 5.74) is 0.469. The van der Waals surface area contributed by atoms with Crippen molar-refractivity contribution in [3.63, 3.8) is 0 Å². The highest BCUT2D eigenvalue weighted by molar-refractivity contribution is 9.10. The van der Waals surface area contributed by atoms with Gasteiger partial charge in [0.05, 0.1) is 4.92 Å². The zero-order valence-electron chi connectivity index (χ0n) is 10.8. The molecular formula is C14H11BrF2N2O2. The summed E-state index contributed by atoms with van der Waals surface area (Å²) in [5.74, 6) is -1.21. The van der Waals surface area contributed by atoms with Crippen LogP contribution in [0.3, 0.4) is 0 Å². The Bertz CT molecular complexity index is 680. The van der Waals surface area contributed by atoms with E-state index in [0.717, 1.165) is 16.6 Å². The molecule has 0 saturated carbocycles. The van der Waals surface area contributed by atoms with Crippen LogP contribution in [0.2, 0.25) is 0 Å². The standard InChI is InChI=1S/C14H11BrF2N2O2/c15-11-2-3-12(16)10(6-11)8-18-7-9-1-4-14(19(20)21)13(17)5-9/h1-6,18H,7-8H2. The lowest BCUT2D eigenvalue weighted by Gasteiger charge is -2.07. The molecule has 0 amide bonds. The number of nitro benzene ring substituents is 1. The molecule has 0 aromatic heterocycles. The average molecular weight is 357 g/mol. The van der Waals surface area contributed by atoms with Crippen molar-refractivity contribution in [1.29, 1.82) is 0 Å². The molecule has 0 atom stereocenters. The lowest BCUT2D eigenvalue weighted by molar-refractivity contribution is -0.387. The Hall–Kier alpha value is -1.86. The first-order valence-electron chi connectivity index (χ1n) is 6.05. The summed E-state index contributed by atoms with van der Waals surface area (Å²) in [4.78, 5) is 9.73. The number of halogens is 3. The summed E-state index contributed by atoms with van der Waals surface area (Å²) < 4.78 is 27.7. The Balaban J connectivity index is 1.99. The summed E-state index contributed by atoms with van der Waals surface area (Å²) in [7, 11) is 0. The summed E-state index contributed by atoms with van der Waals surface area (Å²) in [5, 5.41) is 13.5. The van der Waals surface area contributed by atoms with Crippen LogP contribution in [0.4, 0.5) is 14.5 Å². The van der Waals surface area contributed by atoms with Gasteiger partial charge in [0.25, 0.3) is 0 Å². The van der Waals surface area contributed by atoms with Gasteiger partial charge >= 0.3 is 5.69 Å². The molecule has 21 heavy (non-hydrogen) atoms. The highest BCUT2D eigenvalue weighted by atomic mass is 79.9. The van der Waals surface area contributed by atoms with Crippen molar-refractivity contribution in [1.82, 2.24) is 5.32 Å². The van der Waals surface area contributed by atoms with Crippen LogP contribution in [-0.4, -0.2) is 4.92 Å². The second-order valence-corrected chi connectivity index (χ2v) is 5.30. The number of rotatable bonds is 5. The van der Waals surface area contributed by atoms with Crippen LogP contribution in [0.15, 0.2) is 40.9 Å². The van der Waals surface area contributed by atoms with Crippen molar-refractivity contribution in [3.05, 3.63) is 73.7 Å². The molecule has 2 aromatic carbocycles. The predicted octanol–water partition coefficient (Wildman–Crippen LogP) is 3.93. The molecule has 0 bridgehead atoms. The summed E-state index contributed by atoms with van der Waals surface area (Å²) >= 11 is 3.26. The number of nitrogens with zero attached hydrogens (tertiary/aromatic N) is 1. The van der Waals surface area contributed by atoms with Crippen LogP contribution in [0, 0.1) is 21.7 Å². The molecule has 0 aliphatic heterocycles. The molecule has 1 N–H and O–H groups in total. The molecular weight excluding hydrogens is 346 g/mol. The van der Waals surface area contributed by atoms with Crippen molar-refractivity contribution in [2.45, 2.75) is 13.1 Å². The molecule has 4 nitrogen and oxygen atoms in total. The monoisotopic (exact) mass is 356 g/mol. The SMILES string of the molecule is O=[N+]([O-])c1ccc(CNCc2cc(Br)ccc2F)cc1F. The predicted molar refractivity (Wildman–Crippen MR) is 77.7 cm³/mol. The molecule has 0 aliphatic rings. The lowest BCUT2D eigenvalue weighted by atomic mass is 10.1. The van der Waals surface area contributed by atoms with Crippen LogP contribution in [0.25, 0.3) is 0 Å². The average Bonchev–Trinajstić information content (AvgIpc) is 2.42. The first kappa shape index (κ1) is 15.5. The van der Waals surface area contributed by atoms with Gasteiger partial charge in [-0.05, 0) is 29.8 Å². The molecule has 110 valence electrons. The van der Waals surface area contributed by atoms with Gasteiger partial charge in [-0.15, -0.1) is 0 Å². The smallest absolute Gasteiger partial charge is 0.304 e. The number of nitrogens with one attached hydrogen (secondary N) is 1. The second-order valence-electron chi connectivity index (χ2n) is 4.38. The normalized spacial score (nSPS) is 10.6. The molecule has 0 saturated heterocycles. The Morgan fingerprint density at radius 1 is 1.10 bits per heavy atom. The summed E-state index contributed by atoms with van der Waals surface area (Å²) in [6.45, 7) is 0.546. The maximum Gasteiger partial charge on any atom is 0.304 e. The number of benzene rings is 2. The van der Waals surface area contributed by atoms with Crippen molar-refractivity contribution < 1.29 is 13.7 Å². The fourth-order valence-electron chi connectivity index (χ4n) is 1.83. The van der Waals surface area contributed by atoms with Crippen LogP contribution in [-0.2, 0) is 13.1 Å². The zero-order valence-corrected chi connectivity index (χ0v) is 12.4. The van der Waals surface area contributed by atoms with Gasteiger partial charge in [-0.2, -0.15) is 4.39 Å². The third-order valence-corrected chi connectivity index (χ3v) is 3.35. The van der Waals surface area contributed by atoms with Crippen molar-refractivity contribution in [2.24, 2.45) is 0 Å². The molecule has 0 fully saturated rings. The Morgan fingerprint density at radius 2 is 1.86 bits per heavy atom. The van der Waals surface area contributed by atoms with Crippen LogP contribution < -0.4 is 5.32 Å². The van der Waals surface area contributed by atoms with E-state index < -0.39 is 16.4 Å². The minimum Gasteiger partial charge on any atom is -0.309 e. The van der Waals surface area contributed by atoms with Crippen molar-refractivity contribution >= 4 is 21.6 Å². The maximum atomic E-state index is 13.5. The van der Waals surface area contributed by atoms with E-state index in [1.54, 1.807) is 12.1 Å². The lowest BCUT2D eigenvalue weighted by Crippen LogP contribution is -2.14.